The number of rotatable bonds is 6. The number of aromatic nitrogens is 4. The Balaban J connectivity index is 1.08. The van der Waals surface area contributed by atoms with Crippen molar-refractivity contribution in [2.75, 3.05) is 17.4 Å². The number of nitrogens with zero attached hydrogens (tertiary/aromatic N) is 4. The van der Waals surface area contributed by atoms with Gasteiger partial charge in [0.05, 0.1) is 6.33 Å². The second-order valence-corrected chi connectivity index (χ2v) is 8.51. The predicted molar refractivity (Wildman–Crippen MR) is 136 cm³/mol. The zero-order valence-electron chi connectivity index (χ0n) is 19.8. The molecule has 10 nitrogen and oxygen atoms in total. The fourth-order valence-corrected chi connectivity index (χ4v) is 3.94. The second kappa shape index (κ2) is 9.50. The Morgan fingerprint density at radius 1 is 1.00 bits per heavy atom. The van der Waals surface area contributed by atoms with Gasteiger partial charge in [-0.05, 0) is 54.4 Å². The molecule has 0 fully saturated rings. The van der Waals surface area contributed by atoms with Crippen LogP contribution in [0.15, 0.2) is 83.8 Å². The fourth-order valence-electron chi connectivity index (χ4n) is 3.94. The number of anilines is 2. The Morgan fingerprint density at radius 2 is 1.84 bits per heavy atom. The van der Waals surface area contributed by atoms with Crippen molar-refractivity contribution >= 4 is 17.4 Å². The first kappa shape index (κ1) is 22.4. The van der Waals surface area contributed by atoms with Crippen LogP contribution in [0.3, 0.4) is 0 Å². The molecule has 0 aliphatic carbocycles. The Bertz CT molecular complexity index is 1570. The monoisotopic (exact) mass is 494 g/mol. The summed E-state index contributed by atoms with van der Waals surface area (Å²) in [7, 11) is 0. The molecule has 184 valence electrons. The number of urea groups is 1. The minimum Gasteiger partial charge on any atom is -0.454 e. The van der Waals surface area contributed by atoms with Gasteiger partial charge in [0.25, 0.3) is 5.89 Å². The molecule has 37 heavy (non-hydrogen) atoms. The van der Waals surface area contributed by atoms with Crippen LogP contribution in [-0.4, -0.2) is 32.5 Å². The molecule has 0 unspecified atom stereocenters. The third-order valence-electron chi connectivity index (χ3n) is 5.88. The molecule has 0 spiro atoms. The molecule has 10 heteroatoms. The van der Waals surface area contributed by atoms with Crippen molar-refractivity contribution in [1.82, 2.24) is 19.7 Å². The minimum absolute atomic E-state index is 0.205. The van der Waals surface area contributed by atoms with Gasteiger partial charge >= 0.3 is 6.03 Å². The number of fused-ring (bicyclic) bond motifs is 1. The number of imidazole rings is 1. The molecule has 6 rings (SSSR count). The number of aryl methyl sites for hydroxylation is 1. The van der Waals surface area contributed by atoms with Crippen LogP contribution in [0.25, 0.3) is 23.0 Å². The van der Waals surface area contributed by atoms with Gasteiger partial charge in [0.2, 0.25) is 12.6 Å². The number of carbonyl (C=O) groups excluding carboxylic acids is 1. The number of carbonyl (C=O) groups is 1. The van der Waals surface area contributed by atoms with Gasteiger partial charge in [0, 0.05) is 29.7 Å². The lowest BCUT2D eigenvalue weighted by Gasteiger charge is -2.10. The lowest BCUT2D eigenvalue weighted by atomic mass is 10.2. The average molecular weight is 495 g/mol. The predicted octanol–water partition coefficient (Wildman–Crippen LogP) is 5.33. The number of para-hydroxylation sites is 1. The quantitative estimate of drug-likeness (QED) is 0.328. The first-order chi connectivity index (χ1) is 18.1. The SMILES string of the molecule is Cc1ccccc1NC(=O)Nc1ccc(Cn2cnc(-c3nc(-c4ccc5c(c4)OCO5)no3)c2)cc1. The van der Waals surface area contributed by atoms with Gasteiger partial charge in [-0.25, -0.2) is 9.78 Å². The third kappa shape index (κ3) is 4.85. The highest BCUT2D eigenvalue weighted by Gasteiger charge is 2.18. The van der Waals surface area contributed by atoms with Gasteiger partial charge in [-0.15, -0.1) is 0 Å². The minimum atomic E-state index is -0.291. The van der Waals surface area contributed by atoms with Crippen LogP contribution in [0.1, 0.15) is 11.1 Å². The Morgan fingerprint density at radius 3 is 2.70 bits per heavy atom. The highest BCUT2D eigenvalue weighted by molar-refractivity contribution is 6.00. The van der Waals surface area contributed by atoms with Crippen molar-refractivity contribution in [3.8, 4) is 34.5 Å². The number of amides is 2. The number of benzene rings is 3. The van der Waals surface area contributed by atoms with Crippen molar-refractivity contribution in [3.63, 3.8) is 0 Å². The normalized spacial score (nSPS) is 11.9. The summed E-state index contributed by atoms with van der Waals surface area (Å²) in [6.45, 7) is 2.74. The van der Waals surface area contributed by atoms with Crippen LogP contribution >= 0.6 is 0 Å². The average Bonchev–Trinajstić information content (AvgIpc) is 3.67. The van der Waals surface area contributed by atoms with Gasteiger partial charge in [-0.2, -0.15) is 4.98 Å². The summed E-state index contributed by atoms with van der Waals surface area (Å²) in [5, 5.41) is 9.79. The first-order valence-electron chi connectivity index (χ1n) is 11.6. The number of hydrogen-bond donors (Lipinski definition) is 2. The first-order valence-corrected chi connectivity index (χ1v) is 11.6. The van der Waals surface area contributed by atoms with Gasteiger partial charge < -0.3 is 29.2 Å². The van der Waals surface area contributed by atoms with Gasteiger partial charge in [-0.1, -0.05) is 35.5 Å². The van der Waals surface area contributed by atoms with Crippen molar-refractivity contribution in [3.05, 3.63) is 90.4 Å². The van der Waals surface area contributed by atoms with E-state index >= 15 is 0 Å². The molecule has 3 heterocycles. The number of ether oxygens (including phenoxy) is 2. The Hall–Kier alpha value is -5.12. The van der Waals surface area contributed by atoms with Gasteiger partial charge in [-0.3, -0.25) is 0 Å². The summed E-state index contributed by atoms with van der Waals surface area (Å²) < 4.78 is 18.1. The number of hydrogen-bond acceptors (Lipinski definition) is 7. The molecule has 0 bridgehead atoms. The molecular weight excluding hydrogens is 472 g/mol. The summed E-state index contributed by atoms with van der Waals surface area (Å²) in [6, 6.07) is 20.5. The molecule has 1 aliphatic rings. The van der Waals surface area contributed by atoms with E-state index in [4.69, 9.17) is 14.0 Å². The van der Waals surface area contributed by atoms with E-state index < -0.39 is 0 Å². The maximum atomic E-state index is 12.3. The Kier molecular flexibility index (Phi) is 5.74. The van der Waals surface area contributed by atoms with E-state index in [1.54, 1.807) is 6.33 Å². The fraction of sp³-hybridized carbons (Fsp3) is 0.111. The van der Waals surface area contributed by atoms with Crippen LogP contribution in [0.2, 0.25) is 0 Å². The molecule has 0 saturated heterocycles. The second-order valence-electron chi connectivity index (χ2n) is 8.51. The maximum Gasteiger partial charge on any atom is 0.323 e. The van der Waals surface area contributed by atoms with E-state index in [-0.39, 0.29) is 12.8 Å². The van der Waals surface area contributed by atoms with E-state index in [2.05, 4.69) is 25.8 Å². The van der Waals surface area contributed by atoms with Crippen molar-refractivity contribution in [2.24, 2.45) is 0 Å². The molecule has 0 atom stereocenters. The van der Waals surface area contributed by atoms with Crippen LogP contribution in [0.4, 0.5) is 16.2 Å². The molecule has 3 aromatic carbocycles. The van der Waals surface area contributed by atoms with E-state index in [0.29, 0.717) is 41.1 Å². The molecule has 2 aromatic heterocycles. The molecule has 2 amide bonds. The summed E-state index contributed by atoms with van der Waals surface area (Å²) in [6.07, 6.45) is 3.56. The summed E-state index contributed by atoms with van der Waals surface area (Å²) >= 11 is 0. The maximum absolute atomic E-state index is 12.3. The van der Waals surface area contributed by atoms with E-state index in [9.17, 15) is 4.79 Å². The molecule has 1 aliphatic heterocycles. The molecule has 2 N–H and O–H groups in total. The van der Waals surface area contributed by atoms with Gasteiger partial charge in [0.15, 0.2) is 11.5 Å². The molecule has 0 saturated carbocycles. The zero-order chi connectivity index (χ0) is 25.2. The smallest absolute Gasteiger partial charge is 0.323 e. The molecule has 5 aromatic rings. The van der Waals surface area contributed by atoms with Crippen LogP contribution in [0, 0.1) is 6.92 Å². The highest BCUT2D eigenvalue weighted by atomic mass is 16.7. The summed E-state index contributed by atoms with van der Waals surface area (Å²) in [5.74, 6) is 2.12. The third-order valence-corrected chi connectivity index (χ3v) is 5.88. The van der Waals surface area contributed by atoms with E-state index in [0.717, 1.165) is 22.4 Å². The highest BCUT2D eigenvalue weighted by Crippen LogP contribution is 2.35. The Labute approximate surface area is 211 Å². The standard InChI is InChI=1S/C27H22N6O4/c1-17-4-2-3-5-21(17)30-27(34)29-20-9-6-18(7-10-20)13-33-14-22(28-15-33)26-31-25(32-37-26)19-8-11-23-24(12-19)36-16-35-23/h2-12,14-15H,13,16H2,1H3,(H2,29,30,34). The lowest BCUT2D eigenvalue weighted by molar-refractivity contribution is 0.174. The van der Waals surface area contributed by atoms with Crippen molar-refractivity contribution in [2.45, 2.75) is 13.5 Å². The summed E-state index contributed by atoms with van der Waals surface area (Å²) in [5.41, 5.74) is 4.85. The van der Waals surface area contributed by atoms with Crippen LogP contribution in [0.5, 0.6) is 11.5 Å². The lowest BCUT2D eigenvalue weighted by Crippen LogP contribution is -2.19. The topological polar surface area (TPSA) is 116 Å². The molecule has 0 radical (unpaired) electrons. The van der Waals surface area contributed by atoms with Crippen molar-refractivity contribution in [1.29, 1.82) is 0 Å². The van der Waals surface area contributed by atoms with Crippen LogP contribution < -0.4 is 20.1 Å². The van der Waals surface area contributed by atoms with Gasteiger partial charge in [0.1, 0.15) is 5.69 Å². The largest absolute Gasteiger partial charge is 0.454 e. The zero-order valence-corrected chi connectivity index (χ0v) is 19.8. The summed E-state index contributed by atoms with van der Waals surface area (Å²) in [4.78, 5) is 21.2. The van der Waals surface area contributed by atoms with Crippen LogP contribution in [-0.2, 0) is 6.54 Å². The van der Waals surface area contributed by atoms with Crippen molar-refractivity contribution < 1.29 is 18.8 Å². The van der Waals surface area contributed by atoms with E-state index in [1.807, 2.05) is 84.4 Å². The van der Waals surface area contributed by atoms with E-state index in [1.165, 1.54) is 0 Å². The molecular formula is C27H22N6O4. The number of nitrogens with one attached hydrogen (secondary N) is 2.